The van der Waals surface area contributed by atoms with E-state index in [1.54, 1.807) is 0 Å². The lowest BCUT2D eigenvalue weighted by atomic mass is 9.38. The lowest BCUT2D eigenvalue weighted by Gasteiger charge is -2.38. The predicted molar refractivity (Wildman–Crippen MR) is 71.7 cm³/mol. The fraction of sp³-hybridized carbons (Fsp3) is 1.00. The highest BCUT2D eigenvalue weighted by Crippen LogP contribution is 2.46. The van der Waals surface area contributed by atoms with E-state index in [4.69, 9.17) is 9.39 Å². The van der Waals surface area contributed by atoms with Crippen molar-refractivity contribution in [2.24, 2.45) is 0 Å². The maximum atomic E-state index is 5.56. The SMILES string of the molecule is C1COCCN1.COB1C2CCCC1CCC2. The molecule has 3 fully saturated rings. The summed E-state index contributed by atoms with van der Waals surface area (Å²) in [5.41, 5.74) is 0. The summed E-state index contributed by atoms with van der Waals surface area (Å²) in [4.78, 5) is 0. The van der Waals surface area contributed by atoms with Crippen molar-refractivity contribution in [2.45, 2.75) is 50.2 Å². The molecule has 98 valence electrons. The van der Waals surface area contributed by atoms with Crippen LogP contribution in [0.3, 0.4) is 0 Å². The second kappa shape index (κ2) is 7.40. The third-order valence-corrected chi connectivity index (χ3v) is 4.35. The van der Waals surface area contributed by atoms with E-state index in [1.165, 1.54) is 38.5 Å². The van der Waals surface area contributed by atoms with Crippen LogP contribution in [0.4, 0.5) is 0 Å². The first-order valence-corrected chi connectivity index (χ1v) is 7.23. The van der Waals surface area contributed by atoms with E-state index in [0.717, 1.165) is 37.9 Å². The van der Waals surface area contributed by atoms with Crippen molar-refractivity contribution >= 4 is 6.92 Å². The van der Waals surface area contributed by atoms with Crippen molar-refractivity contribution in [3.8, 4) is 0 Å². The Kier molecular flexibility index (Phi) is 5.82. The van der Waals surface area contributed by atoms with Gasteiger partial charge in [-0.05, 0) is 11.6 Å². The molecule has 0 aromatic rings. The van der Waals surface area contributed by atoms with Crippen LogP contribution in [0, 0.1) is 0 Å². The van der Waals surface area contributed by atoms with Gasteiger partial charge in [-0.1, -0.05) is 38.5 Å². The maximum absolute atomic E-state index is 5.56. The third kappa shape index (κ3) is 3.97. The quantitative estimate of drug-likeness (QED) is 0.712. The Hall–Kier alpha value is -0.0551. The standard InChI is InChI=1S/C9H17BO.C4H9NO/c1-11-10-8-4-2-5-9(10)7-3-6-8;1-3-6-4-2-5-1/h8-9H,2-7H2,1H3;5H,1-4H2. The average Bonchev–Trinajstić information content (AvgIpc) is 2.40. The summed E-state index contributed by atoms with van der Waals surface area (Å²) in [5, 5.41) is 3.16. The van der Waals surface area contributed by atoms with Gasteiger partial charge >= 0.3 is 0 Å². The molecule has 0 aromatic heterocycles. The van der Waals surface area contributed by atoms with Crippen LogP contribution >= 0.6 is 0 Å². The second-order valence-corrected chi connectivity index (χ2v) is 5.44. The summed E-state index contributed by atoms with van der Waals surface area (Å²) in [6, 6.07) is 0. The van der Waals surface area contributed by atoms with Crippen molar-refractivity contribution in [1.82, 2.24) is 5.32 Å². The molecule has 0 aliphatic carbocycles. The first kappa shape index (κ1) is 13.4. The molecule has 0 amide bonds. The minimum atomic E-state index is 0.623. The molecular formula is C13H26BNO2. The molecule has 3 rings (SSSR count). The molecule has 3 aliphatic heterocycles. The van der Waals surface area contributed by atoms with E-state index < -0.39 is 0 Å². The maximum Gasteiger partial charge on any atom is 0.298 e. The first-order chi connectivity index (χ1) is 8.42. The fourth-order valence-corrected chi connectivity index (χ4v) is 3.52. The Morgan fingerprint density at radius 1 is 1.00 bits per heavy atom. The zero-order chi connectivity index (χ0) is 11.9. The van der Waals surface area contributed by atoms with Gasteiger partial charge in [-0.3, -0.25) is 0 Å². The Morgan fingerprint density at radius 2 is 1.53 bits per heavy atom. The van der Waals surface area contributed by atoms with Crippen molar-refractivity contribution in [3.63, 3.8) is 0 Å². The van der Waals surface area contributed by atoms with E-state index in [1.807, 2.05) is 7.11 Å². The molecule has 3 aliphatic rings. The summed E-state index contributed by atoms with van der Waals surface area (Å²) >= 11 is 0. The highest BCUT2D eigenvalue weighted by molar-refractivity contribution is 6.55. The number of fused-ring (bicyclic) bond motifs is 2. The van der Waals surface area contributed by atoms with Gasteiger partial charge < -0.3 is 14.7 Å². The van der Waals surface area contributed by atoms with Crippen LogP contribution < -0.4 is 5.32 Å². The van der Waals surface area contributed by atoms with Crippen molar-refractivity contribution < 1.29 is 9.39 Å². The lowest BCUT2D eigenvalue weighted by molar-refractivity contribution is 0.109. The van der Waals surface area contributed by atoms with Crippen molar-refractivity contribution in [2.75, 3.05) is 33.4 Å². The van der Waals surface area contributed by atoms with Crippen LogP contribution in [0.1, 0.15) is 38.5 Å². The van der Waals surface area contributed by atoms with Gasteiger partial charge in [-0.15, -0.1) is 0 Å². The molecule has 0 unspecified atom stereocenters. The molecule has 0 spiro atoms. The smallest absolute Gasteiger partial charge is 0.298 e. The molecular weight excluding hydrogens is 213 g/mol. The normalized spacial score (nSPS) is 32.6. The van der Waals surface area contributed by atoms with Gasteiger partial charge in [-0.25, -0.2) is 0 Å². The molecule has 3 heterocycles. The Balaban J connectivity index is 0.000000153. The molecule has 4 heteroatoms. The molecule has 0 radical (unpaired) electrons. The van der Waals surface area contributed by atoms with Gasteiger partial charge in [0.1, 0.15) is 0 Å². The second-order valence-electron chi connectivity index (χ2n) is 5.44. The molecule has 0 saturated carbocycles. The Labute approximate surface area is 106 Å². The number of ether oxygens (including phenoxy) is 1. The zero-order valence-corrected chi connectivity index (χ0v) is 11.1. The number of hydrogen-bond donors (Lipinski definition) is 1. The highest BCUT2D eigenvalue weighted by atomic mass is 16.5. The van der Waals surface area contributed by atoms with Gasteiger partial charge in [0, 0.05) is 20.2 Å². The summed E-state index contributed by atoms with van der Waals surface area (Å²) in [7, 11) is 1.89. The van der Waals surface area contributed by atoms with Gasteiger partial charge in [0.15, 0.2) is 0 Å². The molecule has 3 saturated heterocycles. The van der Waals surface area contributed by atoms with Crippen LogP contribution in [0.25, 0.3) is 0 Å². The highest BCUT2D eigenvalue weighted by Gasteiger charge is 2.40. The predicted octanol–water partition coefficient (Wildman–Crippen LogP) is 2.34. The van der Waals surface area contributed by atoms with Crippen molar-refractivity contribution in [3.05, 3.63) is 0 Å². The summed E-state index contributed by atoms with van der Waals surface area (Å²) < 4.78 is 10.6. The molecule has 17 heavy (non-hydrogen) atoms. The average molecular weight is 239 g/mol. The van der Waals surface area contributed by atoms with Crippen LogP contribution in [0.2, 0.25) is 11.6 Å². The van der Waals surface area contributed by atoms with Crippen LogP contribution in [0.5, 0.6) is 0 Å². The Morgan fingerprint density at radius 3 is 1.76 bits per heavy atom. The van der Waals surface area contributed by atoms with E-state index in [9.17, 15) is 0 Å². The largest absolute Gasteiger partial charge is 0.438 e. The van der Waals surface area contributed by atoms with Gasteiger partial charge in [-0.2, -0.15) is 0 Å². The molecule has 1 N–H and O–H groups in total. The van der Waals surface area contributed by atoms with Gasteiger partial charge in [0.05, 0.1) is 13.2 Å². The molecule has 3 nitrogen and oxygen atoms in total. The minimum Gasteiger partial charge on any atom is -0.438 e. The lowest BCUT2D eigenvalue weighted by Crippen LogP contribution is -2.36. The molecule has 0 atom stereocenters. The first-order valence-electron chi connectivity index (χ1n) is 7.23. The zero-order valence-electron chi connectivity index (χ0n) is 11.1. The fourth-order valence-electron chi connectivity index (χ4n) is 3.52. The molecule has 0 aromatic carbocycles. The number of morpholine rings is 1. The van der Waals surface area contributed by atoms with Crippen LogP contribution in [-0.4, -0.2) is 40.3 Å². The van der Waals surface area contributed by atoms with Crippen LogP contribution in [-0.2, 0) is 9.39 Å². The number of nitrogens with one attached hydrogen (secondary N) is 1. The third-order valence-electron chi connectivity index (χ3n) is 4.35. The Bertz CT molecular complexity index is 178. The summed E-state index contributed by atoms with van der Waals surface area (Å²) in [6.07, 6.45) is 8.61. The van der Waals surface area contributed by atoms with E-state index >= 15 is 0 Å². The van der Waals surface area contributed by atoms with Gasteiger partial charge in [0.2, 0.25) is 0 Å². The topological polar surface area (TPSA) is 30.5 Å². The number of rotatable bonds is 1. The van der Waals surface area contributed by atoms with Gasteiger partial charge in [0.25, 0.3) is 6.92 Å². The van der Waals surface area contributed by atoms with Crippen molar-refractivity contribution in [1.29, 1.82) is 0 Å². The van der Waals surface area contributed by atoms with Crippen LogP contribution in [0.15, 0.2) is 0 Å². The monoisotopic (exact) mass is 239 g/mol. The number of hydrogen-bond acceptors (Lipinski definition) is 3. The van der Waals surface area contributed by atoms with E-state index in [0.29, 0.717) is 6.92 Å². The summed E-state index contributed by atoms with van der Waals surface area (Å²) in [5.74, 6) is 1.82. The van der Waals surface area contributed by atoms with E-state index in [-0.39, 0.29) is 0 Å². The minimum absolute atomic E-state index is 0.623. The van der Waals surface area contributed by atoms with E-state index in [2.05, 4.69) is 5.32 Å². The summed E-state index contributed by atoms with van der Waals surface area (Å²) in [6.45, 7) is 4.46. The molecule has 2 bridgehead atoms.